The number of H-pyrrole nitrogens is 1. The van der Waals surface area contributed by atoms with Gasteiger partial charge in [-0.1, -0.05) is 26.8 Å². The number of fused-ring (bicyclic) bond motifs is 1. The van der Waals surface area contributed by atoms with Gasteiger partial charge in [-0.3, -0.25) is 0 Å². The van der Waals surface area contributed by atoms with E-state index in [1.165, 1.54) is 21.4 Å². The van der Waals surface area contributed by atoms with E-state index in [0.29, 0.717) is 30.8 Å². The zero-order valence-corrected chi connectivity index (χ0v) is 18.7. The molecule has 1 saturated heterocycles. The summed E-state index contributed by atoms with van der Waals surface area (Å²) in [4.78, 5) is 20.9. The number of hydrogen-bond acceptors (Lipinski definition) is 3. The van der Waals surface area contributed by atoms with Crippen LogP contribution in [0.1, 0.15) is 62.3 Å². The lowest BCUT2D eigenvalue weighted by Gasteiger charge is -2.30. The number of aromatic nitrogens is 2. The number of benzene rings is 1. The average molecular weight is 422 g/mol. The highest BCUT2D eigenvalue weighted by molar-refractivity contribution is 5.92. The van der Waals surface area contributed by atoms with Gasteiger partial charge >= 0.3 is 6.09 Å². The zero-order valence-electron chi connectivity index (χ0n) is 18.7. The average Bonchev–Trinajstić information content (AvgIpc) is 3.17. The van der Waals surface area contributed by atoms with Crippen molar-refractivity contribution in [1.82, 2.24) is 14.9 Å². The number of carbonyl (C=O) groups is 1. The summed E-state index contributed by atoms with van der Waals surface area (Å²) in [5, 5.41) is 10.5. The van der Waals surface area contributed by atoms with Gasteiger partial charge in [-0.2, -0.15) is 0 Å². The van der Waals surface area contributed by atoms with Gasteiger partial charge < -0.3 is 19.7 Å². The van der Waals surface area contributed by atoms with Crippen molar-refractivity contribution < 1.29 is 14.6 Å². The van der Waals surface area contributed by atoms with Crippen LogP contribution in [-0.4, -0.2) is 46.3 Å². The molecule has 2 aromatic heterocycles. The standard InChI is InChI=1S/C25H31N3O3/c1-5-19-12-18(14-22(26-19)31-4)24-23(15(2)3)20-13-17(6-7-21(20)27-24)16-8-10-28(11-9-16)25(29)30/h6-7,12-16,27H,5,8-11H2,1-4H3,(H,29,30). The van der Waals surface area contributed by atoms with E-state index in [1.807, 2.05) is 6.07 Å². The van der Waals surface area contributed by atoms with E-state index >= 15 is 0 Å². The Kier molecular flexibility index (Phi) is 5.90. The van der Waals surface area contributed by atoms with Crippen LogP contribution in [0.5, 0.6) is 5.88 Å². The Morgan fingerprint density at radius 1 is 1.26 bits per heavy atom. The fourth-order valence-corrected chi connectivity index (χ4v) is 4.71. The zero-order chi connectivity index (χ0) is 22.1. The van der Waals surface area contributed by atoms with Crippen LogP contribution < -0.4 is 4.74 Å². The molecule has 6 nitrogen and oxygen atoms in total. The normalized spacial score (nSPS) is 15.1. The van der Waals surface area contributed by atoms with Crippen molar-refractivity contribution in [1.29, 1.82) is 0 Å². The Morgan fingerprint density at radius 2 is 2.00 bits per heavy atom. The minimum Gasteiger partial charge on any atom is -0.481 e. The second-order valence-corrected chi connectivity index (χ2v) is 8.66. The molecule has 1 aliphatic heterocycles. The molecule has 0 spiro atoms. The third-order valence-electron chi connectivity index (χ3n) is 6.39. The summed E-state index contributed by atoms with van der Waals surface area (Å²) in [7, 11) is 1.65. The number of carboxylic acid groups (broad SMARTS) is 1. The molecule has 1 amide bonds. The van der Waals surface area contributed by atoms with Gasteiger partial charge in [-0.25, -0.2) is 9.78 Å². The van der Waals surface area contributed by atoms with Crippen LogP contribution >= 0.6 is 0 Å². The molecule has 0 atom stereocenters. The van der Waals surface area contributed by atoms with Crippen molar-refractivity contribution in [3.8, 4) is 17.1 Å². The van der Waals surface area contributed by atoms with Crippen LogP contribution in [0.25, 0.3) is 22.2 Å². The number of ether oxygens (including phenoxy) is 1. The van der Waals surface area contributed by atoms with E-state index in [1.54, 1.807) is 7.11 Å². The topological polar surface area (TPSA) is 78.5 Å². The molecular weight excluding hydrogens is 390 g/mol. The van der Waals surface area contributed by atoms with Gasteiger partial charge in [0, 0.05) is 41.3 Å². The SMILES string of the molecule is CCc1cc(-c2[nH]c3ccc(C4CCN(C(=O)O)CC4)cc3c2C(C)C)cc(OC)n1. The smallest absolute Gasteiger partial charge is 0.407 e. The summed E-state index contributed by atoms with van der Waals surface area (Å²) in [6.07, 6.45) is 1.77. The number of amides is 1. The molecule has 2 N–H and O–H groups in total. The molecule has 1 aromatic carbocycles. The van der Waals surface area contributed by atoms with Crippen molar-refractivity contribution >= 4 is 17.0 Å². The van der Waals surface area contributed by atoms with E-state index in [0.717, 1.165) is 41.7 Å². The molecule has 0 saturated carbocycles. The first-order valence-electron chi connectivity index (χ1n) is 11.1. The molecular formula is C25H31N3O3. The van der Waals surface area contributed by atoms with E-state index in [2.05, 4.69) is 55.0 Å². The number of nitrogens with zero attached hydrogens (tertiary/aromatic N) is 2. The Morgan fingerprint density at radius 3 is 2.61 bits per heavy atom. The molecule has 0 unspecified atom stereocenters. The summed E-state index contributed by atoms with van der Waals surface area (Å²) in [6.45, 7) is 7.75. The summed E-state index contributed by atoms with van der Waals surface area (Å²) in [5.41, 5.74) is 6.95. The number of rotatable bonds is 5. The Balaban J connectivity index is 1.76. The van der Waals surface area contributed by atoms with Gasteiger partial charge in [0.15, 0.2) is 0 Å². The van der Waals surface area contributed by atoms with Gasteiger partial charge in [0.05, 0.1) is 12.8 Å². The van der Waals surface area contributed by atoms with Crippen molar-refractivity contribution in [2.75, 3.05) is 20.2 Å². The third kappa shape index (κ3) is 4.11. The monoisotopic (exact) mass is 421 g/mol. The number of aromatic amines is 1. The summed E-state index contributed by atoms with van der Waals surface area (Å²) in [5.74, 6) is 1.37. The highest BCUT2D eigenvalue weighted by Crippen LogP contribution is 2.39. The van der Waals surface area contributed by atoms with Gasteiger partial charge in [-0.15, -0.1) is 0 Å². The molecule has 0 bridgehead atoms. The maximum absolute atomic E-state index is 11.2. The summed E-state index contributed by atoms with van der Waals surface area (Å²) >= 11 is 0. The lowest BCUT2D eigenvalue weighted by atomic mass is 9.87. The molecule has 0 radical (unpaired) electrons. The Hall–Kier alpha value is -3.02. The molecule has 164 valence electrons. The lowest BCUT2D eigenvalue weighted by Crippen LogP contribution is -2.36. The van der Waals surface area contributed by atoms with Crippen LogP contribution in [-0.2, 0) is 6.42 Å². The quantitative estimate of drug-likeness (QED) is 0.547. The van der Waals surface area contributed by atoms with Gasteiger partial charge in [-0.05, 0) is 60.4 Å². The second kappa shape index (κ2) is 8.61. The van der Waals surface area contributed by atoms with E-state index < -0.39 is 6.09 Å². The van der Waals surface area contributed by atoms with Crippen LogP contribution in [0, 0.1) is 0 Å². The first-order chi connectivity index (χ1) is 14.9. The predicted octanol–water partition coefficient (Wildman–Crippen LogP) is 5.78. The number of methoxy groups -OCH3 is 1. The van der Waals surface area contributed by atoms with Crippen molar-refractivity contribution in [2.45, 2.75) is 51.9 Å². The molecule has 6 heteroatoms. The lowest BCUT2D eigenvalue weighted by molar-refractivity contribution is 0.132. The first-order valence-corrected chi connectivity index (χ1v) is 11.1. The Labute approximate surface area is 183 Å². The Bertz CT molecular complexity index is 1070. The van der Waals surface area contributed by atoms with Crippen molar-refractivity contribution in [3.05, 3.63) is 47.2 Å². The molecule has 0 aliphatic carbocycles. The number of piperidine rings is 1. The van der Waals surface area contributed by atoms with E-state index in [9.17, 15) is 9.90 Å². The highest BCUT2D eigenvalue weighted by atomic mass is 16.5. The summed E-state index contributed by atoms with van der Waals surface area (Å²) < 4.78 is 5.45. The fraction of sp³-hybridized carbons (Fsp3) is 0.440. The number of hydrogen-bond donors (Lipinski definition) is 2. The largest absolute Gasteiger partial charge is 0.481 e. The van der Waals surface area contributed by atoms with Gasteiger partial charge in [0.1, 0.15) is 0 Å². The minimum absolute atomic E-state index is 0.345. The molecule has 1 aliphatic rings. The van der Waals surface area contributed by atoms with E-state index in [4.69, 9.17) is 4.74 Å². The van der Waals surface area contributed by atoms with Gasteiger partial charge in [0.2, 0.25) is 5.88 Å². The van der Waals surface area contributed by atoms with Crippen molar-refractivity contribution in [2.24, 2.45) is 0 Å². The first kappa shape index (κ1) is 21.2. The third-order valence-corrected chi connectivity index (χ3v) is 6.39. The molecule has 1 fully saturated rings. The minimum atomic E-state index is -0.814. The predicted molar refractivity (Wildman–Crippen MR) is 123 cm³/mol. The van der Waals surface area contributed by atoms with Gasteiger partial charge in [0.25, 0.3) is 0 Å². The maximum Gasteiger partial charge on any atom is 0.407 e. The number of likely N-dealkylation sites (tertiary alicyclic amines) is 1. The number of aryl methyl sites for hydroxylation is 1. The number of pyridine rings is 1. The molecule has 31 heavy (non-hydrogen) atoms. The molecule has 4 rings (SSSR count). The molecule has 3 aromatic rings. The summed E-state index contributed by atoms with van der Waals surface area (Å²) in [6, 6.07) is 10.8. The maximum atomic E-state index is 11.2. The fourth-order valence-electron chi connectivity index (χ4n) is 4.71. The van der Waals surface area contributed by atoms with Crippen LogP contribution in [0.4, 0.5) is 4.79 Å². The van der Waals surface area contributed by atoms with Crippen LogP contribution in [0.15, 0.2) is 30.3 Å². The highest BCUT2D eigenvalue weighted by Gasteiger charge is 2.25. The molecule has 3 heterocycles. The second-order valence-electron chi connectivity index (χ2n) is 8.66. The van der Waals surface area contributed by atoms with Crippen molar-refractivity contribution in [3.63, 3.8) is 0 Å². The van der Waals surface area contributed by atoms with Crippen LogP contribution in [0.2, 0.25) is 0 Å². The van der Waals surface area contributed by atoms with E-state index in [-0.39, 0.29) is 0 Å². The van der Waals surface area contributed by atoms with Crippen LogP contribution in [0.3, 0.4) is 0 Å². The number of nitrogens with one attached hydrogen (secondary N) is 1.